The fraction of sp³-hybridized carbons (Fsp3) is 0.467. The third kappa shape index (κ3) is 6.17. The van der Waals surface area contributed by atoms with Crippen molar-refractivity contribution in [2.45, 2.75) is 38.1 Å². The van der Waals surface area contributed by atoms with E-state index in [-0.39, 0.29) is 12.2 Å². The van der Waals surface area contributed by atoms with Gasteiger partial charge in [-0.15, -0.1) is 13.2 Å². The highest BCUT2D eigenvalue weighted by molar-refractivity contribution is 5.84. The first-order valence-electron chi connectivity index (χ1n) is 7.10. The lowest BCUT2D eigenvalue weighted by molar-refractivity contribution is -0.274. The molecule has 1 amide bonds. The van der Waals surface area contributed by atoms with Gasteiger partial charge in [-0.3, -0.25) is 4.79 Å². The molecule has 1 aromatic carbocycles. The second kappa shape index (κ2) is 6.89. The molecular formula is C15H16F3NO4. The second-order valence-corrected chi connectivity index (χ2v) is 5.51. The van der Waals surface area contributed by atoms with Crippen molar-refractivity contribution >= 4 is 11.9 Å². The number of carboxylic acids is 1. The molecule has 0 saturated heterocycles. The van der Waals surface area contributed by atoms with Crippen molar-refractivity contribution in [2.24, 2.45) is 5.92 Å². The largest absolute Gasteiger partial charge is 0.573 e. The Balaban J connectivity index is 1.87. The van der Waals surface area contributed by atoms with Crippen molar-refractivity contribution in [3.05, 3.63) is 29.8 Å². The predicted molar refractivity (Wildman–Crippen MR) is 73.7 cm³/mol. The molecule has 126 valence electrons. The van der Waals surface area contributed by atoms with Crippen molar-refractivity contribution < 1.29 is 32.6 Å². The van der Waals surface area contributed by atoms with Gasteiger partial charge in [0.05, 0.1) is 6.42 Å². The van der Waals surface area contributed by atoms with Crippen molar-refractivity contribution in [3.8, 4) is 5.75 Å². The lowest BCUT2D eigenvalue weighted by Gasteiger charge is -2.14. The summed E-state index contributed by atoms with van der Waals surface area (Å²) in [5.41, 5.74) is 0.465. The maximum atomic E-state index is 12.0. The van der Waals surface area contributed by atoms with Gasteiger partial charge in [-0.2, -0.15) is 0 Å². The van der Waals surface area contributed by atoms with E-state index < -0.39 is 24.3 Å². The average Bonchev–Trinajstić information content (AvgIpc) is 3.22. The van der Waals surface area contributed by atoms with Crippen molar-refractivity contribution in [3.63, 3.8) is 0 Å². The Morgan fingerprint density at radius 2 is 1.87 bits per heavy atom. The summed E-state index contributed by atoms with van der Waals surface area (Å²) in [5, 5.41) is 11.5. The second-order valence-electron chi connectivity index (χ2n) is 5.51. The van der Waals surface area contributed by atoms with Crippen LogP contribution < -0.4 is 10.1 Å². The van der Waals surface area contributed by atoms with Gasteiger partial charge in [-0.25, -0.2) is 4.79 Å². The predicted octanol–water partition coefficient (Wildman–Crippen LogP) is 2.50. The van der Waals surface area contributed by atoms with E-state index in [1.54, 1.807) is 0 Å². The summed E-state index contributed by atoms with van der Waals surface area (Å²) in [7, 11) is 0. The molecule has 2 N–H and O–H groups in total. The van der Waals surface area contributed by atoms with Gasteiger partial charge < -0.3 is 15.2 Å². The Hall–Kier alpha value is -2.25. The number of carboxylic acid groups (broad SMARTS) is 1. The van der Waals surface area contributed by atoms with E-state index in [4.69, 9.17) is 5.11 Å². The number of aliphatic carboxylic acids is 1. The standard InChI is InChI=1S/C15H16F3NO4/c16-15(17,18)23-11-5-3-10(4-6-11)8-13(20)19-12(14(21)22)7-9-1-2-9/h3-6,9,12H,1-2,7-8H2,(H,19,20)(H,21,22). The van der Waals surface area contributed by atoms with Gasteiger partial charge in [0, 0.05) is 0 Å². The highest BCUT2D eigenvalue weighted by Gasteiger charge is 2.31. The van der Waals surface area contributed by atoms with E-state index in [0.29, 0.717) is 17.9 Å². The first kappa shape index (κ1) is 17.1. The molecule has 0 aromatic heterocycles. The number of amides is 1. The minimum absolute atomic E-state index is 0.110. The highest BCUT2D eigenvalue weighted by Crippen LogP contribution is 2.33. The SMILES string of the molecule is O=C(Cc1ccc(OC(F)(F)F)cc1)NC(CC1CC1)C(=O)O. The molecule has 1 aliphatic carbocycles. The molecule has 5 nitrogen and oxygen atoms in total. The van der Waals surface area contributed by atoms with Crippen LogP contribution in [0.4, 0.5) is 13.2 Å². The van der Waals surface area contributed by atoms with Crippen LogP contribution in [-0.2, 0) is 16.0 Å². The summed E-state index contributed by atoms with van der Waals surface area (Å²) in [5.74, 6) is -1.60. The summed E-state index contributed by atoms with van der Waals surface area (Å²) in [6, 6.07) is 3.95. The van der Waals surface area contributed by atoms with E-state index in [0.717, 1.165) is 25.0 Å². The Morgan fingerprint density at radius 1 is 1.26 bits per heavy atom. The number of hydrogen-bond donors (Lipinski definition) is 2. The van der Waals surface area contributed by atoms with Crippen LogP contribution in [0.25, 0.3) is 0 Å². The zero-order valence-corrected chi connectivity index (χ0v) is 12.1. The summed E-state index contributed by atoms with van der Waals surface area (Å²) >= 11 is 0. The monoisotopic (exact) mass is 331 g/mol. The van der Waals surface area contributed by atoms with E-state index in [9.17, 15) is 22.8 Å². The number of benzene rings is 1. The molecule has 0 aliphatic heterocycles. The molecule has 1 unspecified atom stereocenters. The lowest BCUT2D eigenvalue weighted by Crippen LogP contribution is -2.41. The molecule has 0 radical (unpaired) electrons. The maximum Gasteiger partial charge on any atom is 0.573 e. The van der Waals surface area contributed by atoms with Gasteiger partial charge in [-0.1, -0.05) is 25.0 Å². The lowest BCUT2D eigenvalue weighted by atomic mass is 10.1. The Morgan fingerprint density at radius 3 is 2.35 bits per heavy atom. The molecule has 0 heterocycles. The molecule has 23 heavy (non-hydrogen) atoms. The molecule has 0 spiro atoms. The van der Waals surface area contributed by atoms with Gasteiger partial charge in [0.1, 0.15) is 11.8 Å². The fourth-order valence-corrected chi connectivity index (χ4v) is 2.15. The van der Waals surface area contributed by atoms with Crippen molar-refractivity contribution in [1.29, 1.82) is 0 Å². The van der Waals surface area contributed by atoms with Crippen LogP contribution in [0.1, 0.15) is 24.8 Å². The van der Waals surface area contributed by atoms with E-state index in [2.05, 4.69) is 10.1 Å². The number of carbonyl (C=O) groups excluding carboxylic acids is 1. The maximum absolute atomic E-state index is 12.0. The van der Waals surface area contributed by atoms with Gasteiger partial charge in [-0.05, 0) is 30.0 Å². The third-order valence-corrected chi connectivity index (χ3v) is 3.42. The highest BCUT2D eigenvalue weighted by atomic mass is 19.4. The van der Waals surface area contributed by atoms with Crippen LogP contribution in [0, 0.1) is 5.92 Å². The zero-order valence-electron chi connectivity index (χ0n) is 12.1. The minimum Gasteiger partial charge on any atom is -0.480 e. The number of alkyl halides is 3. The van der Waals surface area contributed by atoms with Crippen LogP contribution in [0.5, 0.6) is 5.75 Å². The smallest absolute Gasteiger partial charge is 0.480 e. The fourth-order valence-electron chi connectivity index (χ4n) is 2.15. The van der Waals surface area contributed by atoms with Crippen LogP contribution in [0.3, 0.4) is 0 Å². The third-order valence-electron chi connectivity index (χ3n) is 3.42. The summed E-state index contributed by atoms with van der Waals surface area (Å²) < 4.78 is 39.8. The molecular weight excluding hydrogens is 315 g/mol. The van der Waals surface area contributed by atoms with Crippen LogP contribution >= 0.6 is 0 Å². The number of carbonyl (C=O) groups is 2. The van der Waals surface area contributed by atoms with Crippen LogP contribution in [-0.4, -0.2) is 29.4 Å². The van der Waals surface area contributed by atoms with Gasteiger partial charge in [0.2, 0.25) is 5.91 Å². The molecule has 1 aromatic rings. The quantitative estimate of drug-likeness (QED) is 0.805. The molecule has 1 saturated carbocycles. The molecule has 8 heteroatoms. The Labute approximate surface area is 130 Å². The average molecular weight is 331 g/mol. The summed E-state index contributed by atoms with van der Waals surface area (Å²) in [6.07, 6.45) is -2.53. The molecule has 1 aliphatic rings. The first-order valence-corrected chi connectivity index (χ1v) is 7.10. The first-order chi connectivity index (χ1) is 10.7. The topological polar surface area (TPSA) is 75.6 Å². The van der Waals surface area contributed by atoms with Crippen molar-refractivity contribution in [2.75, 3.05) is 0 Å². The Bertz CT molecular complexity index is 567. The van der Waals surface area contributed by atoms with Crippen LogP contribution in [0.15, 0.2) is 24.3 Å². The van der Waals surface area contributed by atoms with E-state index in [1.165, 1.54) is 12.1 Å². The number of ether oxygens (including phenoxy) is 1. The van der Waals surface area contributed by atoms with Gasteiger partial charge >= 0.3 is 12.3 Å². The van der Waals surface area contributed by atoms with Crippen molar-refractivity contribution in [1.82, 2.24) is 5.32 Å². The minimum atomic E-state index is -4.77. The molecule has 0 bridgehead atoms. The molecule has 1 atom stereocenters. The summed E-state index contributed by atoms with van der Waals surface area (Å²) in [6.45, 7) is 0. The number of nitrogens with one attached hydrogen (secondary N) is 1. The van der Waals surface area contributed by atoms with E-state index >= 15 is 0 Å². The molecule has 1 fully saturated rings. The Kier molecular flexibility index (Phi) is 5.12. The number of hydrogen-bond acceptors (Lipinski definition) is 3. The van der Waals surface area contributed by atoms with E-state index in [1.807, 2.05) is 0 Å². The molecule has 2 rings (SSSR count). The number of rotatable bonds is 7. The summed E-state index contributed by atoms with van der Waals surface area (Å²) in [4.78, 5) is 22.9. The van der Waals surface area contributed by atoms with Crippen LogP contribution in [0.2, 0.25) is 0 Å². The van der Waals surface area contributed by atoms with Gasteiger partial charge in [0.15, 0.2) is 0 Å². The van der Waals surface area contributed by atoms with Gasteiger partial charge in [0.25, 0.3) is 0 Å². The normalized spacial score (nSPS) is 15.8. The zero-order chi connectivity index (χ0) is 17.0. The number of halogens is 3.